The van der Waals surface area contributed by atoms with E-state index in [2.05, 4.69) is 53.5 Å². The van der Waals surface area contributed by atoms with Gasteiger partial charge in [0.05, 0.1) is 23.1 Å². The molecular weight excluding hydrogens is 678 g/mol. The molecule has 1 aliphatic carbocycles. The minimum Gasteiger partial charge on any atom is -0.349 e. The van der Waals surface area contributed by atoms with Crippen LogP contribution in [0.1, 0.15) is 56.2 Å². The predicted molar refractivity (Wildman–Crippen MR) is 148 cm³/mol. The molecule has 5 rings (SSSR count). The fourth-order valence-corrected chi connectivity index (χ4v) is 4.87. The van der Waals surface area contributed by atoms with Crippen LogP contribution < -0.4 is 10.6 Å². The van der Waals surface area contributed by atoms with E-state index in [1.807, 2.05) is 0 Å². The fraction of sp³-hybridized carbons (Fsp3) is 0.308. The Morgan fingerprint density at radius 1 is 1.05 bits per heavy atom. The highest BCUT2D eigenvalue weighted by molar-refractivity contribution is 14.1. The Morgan fingerprint density at radius 2 is 1.79 bits per heavy atom. The van der Waals surface area contributed by atoms with Crippen LogP contribution in [0, 0.1) is 17.4 Å². The Kier molecular flexibility index (Phi) is 7.76. The molecule has 1 aromatic carbocycles. The van der Waals surface area contributed by atoms with Gasteiger partial charge < -0.3 is 10.6 Å². The van der Waals surface area contributed by atoms with Gasteiger partial charge in [-0.15, -0.1) is 0 Å². The van der Waals surface area contributed by atoms with Crippen LogP contribution in [0.15, 0.2) is 42.7 Å². The third kappa shape index (κ3) is 5.98. The zero-order chi connectivity index (χ0) is 30.4. The standard InChI is InChI=1S/C26H22F5IN8O2/c1-13-4-3-7-33-22(13)40-19(10-17(37-40)12-39-34-11-20(38-39)25(27,28)26(29,30)31)24(42)36-21-14(2)8-15(32)9-18(21)23(41)35-16-5-6-16/h3-4,7-11,16H,5-6,12H2,1-2H3,(H,35,41)(H,36,42). The molecule has 0 radical (unpaired) electrons. The SMILES string of the molecule is Cc1cccnc1-n1nc(Cn2ncc(C(F)(F)C(F)(F)F)n2)cc1C(=O)Nc1c(C)cc(I)cc1C(=O)NC1CC1. The van der Waals surface area contributed by atoms with Crippen LogP contribution in [0.25, 0.3) is 5.82 Å². The van der Waals surface area contributed by atoms with Crippen molar-refractivity contribution in [3.8, 4) is 5.82 Å². The minimum absolute atomic E-state index is 0.0358. The molecule has 2 N–H and O–H groups in total. The van der Waals surface area contributed by atoms with Gasteiger partial charge in [0, 0.05) is 15.8 Å². The summed E-state index contributed by atoms with van der Waals surface area (Å²) >= 11 is 2.08. The molecule has 0 saturated heterocycles. The van der Waals surface area contributed by atoms with Crippen molar-refractivity contribution < 1.29 is 31.5 Å². The zero-order valence-electron chi connectivity index (χ0n) is 22.0. The summed E-state index contributed by atoms with van der Waals surface area (Å²) in [6.07, 6.45) is -2.28. The van der Waals surface area contributed by atoms with E-state index in [1.165, 1.54) is 16.9 Å². The van der Waals surface area contributed by atoms with Gasteiger partial charge in [-0.1, -0.05) is 6.07 Å². The molecule has 220 valence electrons. The highest BCUT2D eigenvalue weighted by atomic mass is 127. The second-order valence-corrected chi connectivity index (χ2v) is 11.0. The van der Waals surface area contributed by atoms with Gasteiger partial charge in [0.25, 0.3) is 11.8 Å². The zero-order valence-corrected chi connectivity index (χ0v) is 24.2. The first-order valence-corrected chi connectivity index (χ1v) is 13.6. The van der Waals surface area contributed by atoms with E-state index in [1.54, 1.807) is 38.1 Å². The second-order valence-electron chi connectivity index (χ2n) is 9.76. The van der Waals surface area contributed by atoms with E-state index in [4.69, 9.17) is 0 Å². The maximum atomic E-state index is 13.7. The molecule has 0 aliphatic heterocycles. The van der Waals surface area contributed by atoms with E-state index < -0.39 is 30.2 Å². The van der Waals surface area contributed by atoms with Crippen LogP contribution in [-0.4, -0.2) is 53.8 Å². The Morgan fingerprint density at radius 3 is 2.45 bits per heavy atom. The van der Waals surface area contributed by atoms with Crippen LogP contribution in [-0.2, 0) is 12.5 Å². The van der Waals surface area contributed by atoms with Gasteiger partial charge in [-0.2, -0.15) is 42.0 Å². The number of halogens is 6. The number of carbonyl (C=O) groups excluding carboxylic acids is 2. The fourth-order valence-electron chi connectivity index (χ4n) is 4.09. The number of nitrogens with zero attached hydrogens (tertiary/aromatic N) is 6. The van der Waals surface area contributed by atoms with Crippen LogP contribution in [0.5, 0.6) is 0 Å². The van der Waals surface area contributed by atoms with Crippen molar-refractivity contribution in [2.75, 3.05) is 5.32 Å². The minimum atomic E-state index is -5.85. The summed E-state index contributed by atoms with van der Waals surface area (Å²) < 4.78 is 67.8. The van der Waals surface area contributed by atoms with Gasteiger partial charge in [0.2, 0.25) is 0 Å². The van der Waals surface area contributed by atoms with E-state index in [0.29, 0.717) is 27.8 Å². The number of alkyl halides is 5. The third-order valence-electron chi connectivity index (χ3n) is 6.39. The Balaban J connectivity index is 1.50. The Bertz CT molecular complexity index is 1680. The number of benzene rings is 1. The van der Waals surface area contributed by atoms with Crippen LogP contribution in [0.3, 0.4) is 0 Å². The number of carbonyl (C=O) groups is 2. The number of nitrogens with one attached hydrogen (secondary N) is 2. The number of hydrogen-bond acceptors (Lipinski definition) is 6. The number of hydrogen-bond donors (Lipinski definition) is 2. The third-order valence-corrected chi connectivity index (χ3v) is 7.01. The summed E-state index contributed by atoms with van der Waals surface area (Å²) in [6.45, 7) is 3.05. The molecule has 42 heavy (non-hydrogen) atoms. The maximum absolute atomic E-state index is 13.7. The molecule has 3 heterocycles. The molecule has 0 atom stereocenters. The van der Waals surface area contributed by atoms with Gasteiger partial charge in [0.1, 0.15) is 12.2 Å². The molecule has 0 bridgehead atoms. The lowest BCUT2D eigenvalue weighted by atomic mass is 10.1. The highest BCUT2D eigenvalue weighted by Crippen LogP contribution is 2.42. The first kappa shape index (κ1) is 29.5. The molecule has 4 aromatic rings. The van der Waals surface area contributed by atoms with E-state index in [0.717, 1.165) is 16.4 Å². The van der Waals surface area contributed by atoms with E-state index in [-0.39, 0.29) is 34.7 Å². The molecule has 1 fully saturated rings. The maximum Gasteiger partial charge on any atom is 0.459 e. The van der Waals surface area contributed by atoms with Crippen molar-refractivity contribution in [1.29, 1.82) is 0 Å². The summed E-state index contributed by atoms with van der Waals surface area (Å²) in [4.78, 5) is 31.6. The van der Waals surface area contributed by atoms with Gasteiger partial charge in [0.15, 0.2) is 11.5 Å². The lowest BCUT2D eigenvalue weighted by Gasteiger charge is -2.16. The van der Waals surface area contributed by atoms with Crippen molar-refractivity contribution in [1.82, 2.24) is 35.1 Å². The first-order valence-electron chi connectivity index (χ1n) is 12.5. The molecule has 16 heteroatoms. The highest BCUT2D eigenvalue weighted by Gasteiger charge is 2.60. The van der Waals surface area contributed by atoms with Crippen molar-refractivity contribution in [2.45, 2.75) is 51.4 Å². The van der Waals surface area contributed by atoms with Crippen LogP contribution in [0.4, 0.5) is 27.6 Å². The quantitative estimate of drug-likeness (QED) is 0.199. The Hall–Kier alpha value is -3.96. The van der Waals surface area contributed by atoms with Gasteiger partial charge in [-0.05, 0) is 84.7 Å². The van der Waals surface area contributed by atoms with Crippen LogP contribution in [0.2, 0.25) is 0 Å². The van der Waals surface area contributed by atoms with Gasteiger partial charge in [-0.3, -0.25) is 9.59 Å². The molecular formula is C26H22F5IN8O2. The number of anilines is 1. The molecule has 0 spiro atoms. The molecule has 1 saturated carbocycles. The summed E-state index contributed by atoms with van der Waals surface area (Å²) in [7, 11) is 0. The largest absolute Gasteiger partial charge is 0.459 e. The number of aromatic nitrogens is 6. The number of amides is 2. The summed E-state index contributed by atoms with van der Waals surface area (Å²) in [5.74, 6) is -5.92. The number of pyridine rings is 1. The molecule has 3 aromatic heterocycles. The smallest absolute Gasteiger partial charge is 0.349 e. The summed E-state index contributed by atoms with van der Waals surface area (Å²) in [5.41, 5.74) is 0.312. The van der Waals surface area contributed by atoms with Gasteiger partial charge >= 0.3 is 12.1 Å². The average Bonchev–Trinajstić information content (AvgIpc) is 3.42. The number of rotatable bonds is 8. The van der Waals surface area contributed by atoms with Crippen molar-refractivity contribution in [3.63, 3.8) is 0 Å². The average molecular weight is 700 g/mol. The Labute approximate surface area is 248 Å². The lowest BCUT2D eigenvalue weighted by molar-refractivity contribution is -0.291. The first-order chi connectivity index (χ1) is 19.7. The topological polar surface area (TPSA) is 120 Å². The molecule has 2 amide bonds. The van der Waals surface area contributed by atoms with Crippen LogP contribution >= 0.6 is 22.6 Å². The molecule has 1 aliphatic rings. The molecule has 0 unspecified atom stereocenters. The second kappa shape index (κ2) is 11.0. The van der Waals surface area contributed by atoms with E-state index >= 15 is 0 Å². The lowest BCUT2D eigenvalue weighted by Crippen LogP contribution is -2.34. The predicted octanol–water partition coefficient (Wildman–Crippen LogP) is 4.93. The van der Waals surface area contributed by atoms with E-state index in [9.17, 15) is 31.5 Å². The van der Waals surface area contributed by atoms with Crippen molar-refractivity contribution >= 4 is 40.1 Å². The van der Waals surface area contributed by atoms with Crippen molar-refractivity contribution in [3.05, 3.63) is 80.1 Å². The van der Waals surface area contributed by atoms with Crippen molar-refractivity contribution in [2.24, 2.45) is 0 Å². The van der Waals surface area contributed by atoms with Gasteiger partial charge in [-0.25, -0.2) is 9.67 Å². The molecule has 10 nitrogen and oxygen atoms in total. The summed E-state index contributed by atoms with van der Waals surface area (Å²) in [6, 6.07) is 8.27. The number of aryl methyl sites for hydroxylation is 2. The summed E-state index contributed by atoms with van der Waals surface area (Å²) in [5, 5.41) is 16.9. The monoisotopic (exact) mass is 700 g/mol. The normalized spacial score (nSPS) is 13.7.